The Labute approximate surface area is 104 Å². The second kappa shape index (κ2) is 6.83. The maximum Gasteiger partial charge on any atom is 0.308 e. The van der Waals surface area contributed by atoms with Crippen molar-refractivity contribution in [1.29, 1.82) is 0 Å². The van der Waals surface area contributed by atoms with Crippen molar-refractivity contribution in [2.75, 3.05) is 6.61 Å². The van der Waals surface area contributed by atoms with Crippen molar-refractivity contribution in [1.82, 2.24) is 4.98 Å². The first-order chi connectivity index (χ1) is 8.60. The summed E-state index contributed by atoms with van der Waals surface area (Å²) in [7, 11) is 0. The second-order valence-corrected chi connectivity index (χ2v) is 3.64. The van der Waals surface area contributed by atoms with E-state index in [1.165, 1.54) is 18.5 Å². The van der Waals surface area contributed by atoms with E-state index < -0.39 is 18.2 Å². The molecule has 1 aromatic heterocycles. The summed E-state index contributed by atoms with van der Waals surface area (Å²) in [6.07, 6.45) is 0.190. The largest absolute Gasteiger partial charge is 0.466 e. The first-order valence-corrected chi connectivity index (χ1v) is 5.51. The molecule has 0 fully saturated rings. The highest BCUT2D eigenvalue weighted by Crippen LogP contribution is 2.21. The van der Waals surface area contributed by atoms with E-state index in [1.54, 1.807) is 6.92 Å². The normalized spacial score (nSPS) is 13.7. The number of pyridine rings is 1. The Morgan fingerprint density at radius 1 is 1.56 bits per heavy atom. The summed E-state index contributed by atoms with van der Waals surface area (Å²) in [5, 5.41) is 19.6. The van der Waals surface area contributed by atoms with Gasteiger partial charge in [-0.15, -0.1) is 0 Å². The quantitative estimate of drug-likeness (QED) is 0.557. The second-order valence-electron chi connectivity index (χ2n) is 3.64. The van der Waals surface area contributed by atoms with E-state index >= 15 is 0 Å². The number of aldehydes is 1. The first kappa shape index (κ1) is 14.3. The van der Waals surface area contributed by atoms with Crippen molar-refractivity contribution in [3.63, 3.8) is 0 Å². The summed E-state index contributed by atoms with van der Waals surface area (Å²) in [5.41, 5.74) is 0.407. The predicted molar refractivity (Wildman–Crippen MR) is 61.8 cm³/mol. The SMILES string of the molecule is CCOC(=O)CC(O)C(O)c1cnccc1C=O. The number of rotatable bonds is 6. The lowest BCUT2D eigenvalue weighted by molar-refractivity contribution is -0.147. The van der Waals surface area contributed by atoms with Crippen molar-refractivity contribution in [2.45, 2.75) is 25.6 Å². The van der Waals surface area contributed by atoms with Gasteiger partial charge in [-0.1, -0.05) is 0 Å². The lowest BCUT2D eigenvalue weighted by Gasteiger charge is -2.18. The Balaban J connectivity index is 2.76. The molecule has 0 aliphatic heterocycles. The van der Waals surface area contributed by atoms with Crippen LogP contribution in [0, 0.1) is 0 Å². The molecule has 0 saturated heterocycles. The van der Waals surface area contributed by atoms with Gasteiger partial charge >= 0.3 is 5.97 Å². The maximum atomic E-state index is 11.2. The van der Waals surface area contributed by atoms with E-state index in [4.69, 9.17) is 0 Å². The van der Waals surface area contributed by atoms with Crippen LogP contribution in [0.1, 0.15) is 35.4 Å². The van der Waals surface area contributed by atoms with E-state index in [-0.39, 0.29) is 24.2 Å². The molecule has 0 aromatic carbocycles. The molecule has 0 saturated carbocycles. The number of aromatic nitrogens is 1. The van der Waals surface area contributed by atoms with E-state index in [1.807, 2.05) is 0 Å². The Morgan fingerprint density at radius 2 is 2.28 bits per heavy atom. The van der Waals surface area contributed by atoms with Gasteiger partial charge in [-0.2, -0.15) is 0 Å². The molecule has 2 N–H and O–H groups in total. The van der Waals surface area contributed by atoms with Crippen LogP contribution in [0.15, 0.2) is 18.5 Å². The molecular formula is C12H15NO5. The molecule has 0 aliphatic carbocycles. The van der Waals surface area contributed by atoms with Gasteiger partial charge in [0.15, 0.2) is 6.29 Å². The van der Waals surface area contributed by atoms with Gasteiger partial charge in [0.2, 0.25) is 0 Å². The number of hydrogen-bond donors (Lipinski definition) is 2. The van der Waals surface area contributed by atoms with Crippen molar-refractivity contribution >= 4 is 12.3 Å². The fourth-order valence-electron chi connectivity index (χ4n) is 1.48. The number of ether oxygens (including phenoxy) is 1. The number of carbonyl (C=O) groups excluding carboxylic acids is 2. The molecule has 1 aromatic rings. The standard InChI is InChI=1S/C12H15NO5/c1-2-18-11(16)5-10(15)12(17)9-6-13-4-3-8(9)7-14/h3-4,6-7,10,12,15,17H,2,5H2,1H3. The highest BCUT2D eigenvalue weighted by Gasteiger charge is 2.24. The van der Waals surface area contributed by atoms with Gasteiger partial charge in [-0.3, -0.25) is 14.6 Å². The fourth-order valence-corrected chi connectivity index (χ4v) is 1.48. The van der Waals surface area contributed by atoms with Crippen LogP contribution in [-0.4, -0.2) is 40.2 Å². The van der Waals surface area contributed by atoms with Crippen molar-refractivity contribution < 1.29 is 24.5 Å². The minimum absolute atomic E-state index is 0.185. The zero-order chi connectivity index (χ0) is 13.5. The van der Waals surface area contributed by atoms with Gasteiger partial charge in [0.25, 0.3) is 0 Å². The number of aliphatic hydroxyl groups excluding tert-OH is 2. The summed E-state index contributed by atoms with van der Waals surface area (Å²) < 4.78 is 4.66. The molecule has 0 spiro atoms. The third kappa shape index (κ3) is 3.61. The van der Waals surface area contributed by atoms with Crippen molar-refractivity contribution in [3.05, 3.63) is 29.6 Å². The minimum Gasteiger partial charge on any atom is -0.466 e. The van der Waals surface area contributed by atoms with E-state index in [0.29, 0.717) is 6.29 Å². The van der Waals surface area contributed by atoms with Crippen LogP contribution < -0.4 is 0 Å². The number of carbonyl (C=O) groups is 2. The highest BCUT2D eigenvalue weighted by atomic mass is 16.5. The summed E-state index contributed by atoms with van der Waals surface area (Å²) >= 11 is 0. The van der Waals surface area contributed by atoms with E-state index in [9.17, 15) is 19.8 Å². The Bertz CT molecular complexity index is 421. The maximum absolute atomic E-state index is 11.2. The molecule has 6 heteroatoms. The monoisotopic (exact) mass is 253 g/mol. The smallest absolute Gasteiger partial charge is 0.308 e. The van der Waals surface area contributed by atoms with Gasteiger partial charge in [-0.05, 0) is 13.0 Å². The molecule has 98 valence electrons. The Hall–Kier alpha value is -1.79. The zero-order valence-electron chi connectivity index (χ0n) is 9.94. The fraction of sp³-hybridized carbons (Fsp3) is 0.417. The van der Waals surface area contributed by atoms with Crippen LogP contribution in [0.4, 0.5) is 0 Å². The van der Waals surface area contributed by atoms with E-state index in [2.05, 4.69) is 9.72 Å². The highest BCUT2D eigenvalue weighted by molar-refractivity contribution is 5.77. The lowest BCUT2D eigenvalue weighted by Crippen LogP contribution is -2.24. The van der Waals surface area contributed by atoms with Gasteiger partial charge < -0.3 is 14.9 Å². The summed E-state index contributed by atoms with van der Waals surface area (Å²) in [5.74, 6) is -0.611. The number of esters is 1. The molecule has 6 nitrogen and oxygen atoms in total. The first-order valence-electron chi connectivity index (χ1n) is 5.51. The molecule has 18 heavy (non-hydrogen) atoms. The molecule has 0 aliphatic rings. The molecule has 2 atom stereocenters. The molecule has 0 radical (unpaired) electrons. The molecular weight excluding hydrogens is 238 g/mol. The van der Waals surface area contributed by atoms with Gasteiger partial charge in [-0.25, -0.2) is 0 Å². The van der Waals surface area contributed by atoms with Gasteiger partial charge in [0.05, 0.1) is 19.1 Å². The average molecular weight is 253 g/mol. The Kier molecular flexibility index (Phi) is 5.41. The third-order valence-corrected chi connectivity index (χ3v) is 2.38. The van der Waals surface area contributed by atoms with Crippen LogP contribution in [0.25, 0.3) is 0 Å². The average Bonchev–Trinajstić information content (AvgIpc) is 2.38. The minimum atomic E-state index is -1.36. The van der Waals surface area contributed by atoms with Crippen LogP contribution in [0.3, 0.4) is 0 Å². The van der Waals surface area contributed by atoms with Crippen LogP contribution in [0.5, 0.6) is 0 Å². The summed E-state index contributed by atoms with van der Waals surface area (Å²) in [6.45, 7) is 1.85. The van der Waals surface area contributed by atoms with Crippen LogP contribution in [0.2, 0.25) is 0 Å². The number of nitrogens with zero attached hydrogens (tertiary/aromatic N) is 1. The van der Waals surface area contributed by atoms with Gasteiger partial charge in [0, 0.05) is 23.5 Å². The van der Waals surface area contributed by atoms with Crippen molar-refractivity contribution in [3.8, 4) is 0 Å². The summed E-state index contributed by atoms with van der Waals surface area (Å²) in [4.78, 5) is 25.7. The zero-order valence-corrected chi connectivity index (χ0v) is 9.94. The van der Waals surface area contributed by atoms with Crippen LogP contribution in [-0.2, 0) is 9.53 Å². The molecule has 0 amide bonds. The topological polar surface area (TPSA) is 96.7 Å². The molecule has 2 unspecified atom stereocenters. The molecule has 1 rings (SSSR count). The number of hydrogen-bond acceptors (Lipinski definition) is 6. The van der Waals surface area contributed by atoms with Gasteiger partial charge in [0.1, 0.15) is 6.10 Å². The van der Waals surface area contributed by atoms with E-state index in [0.717, 1.165) is 0 Å². The predicted octanol–water partition coefficient (Wildman–Crippen LogP) is 0.242. The molecule has 1 heterocycles. The van der Waals surface area contributed by atoms with Crippen LogP contribution >= 0.6 is 0 Å². The number of aliphatic hydroxyl groups is 2. The Morgan fingerprint density at radius 3 is 2.89 bits per heavy atom. The summed E-state index contributed by atoms with van der Waals surface area (Å²) in [6, 6.07) is 1.42. The third-order valence-electron chi connectivity index (χ3n) is 2.38. The van der Waals surface area contributed by atoms with Crippen molar-refractivity contribution in [2.24, 2.45) is 0 Å². The molecule has 0 bridgehead atoms. The lowest BCUT2D eigenvalue weighted by atomic mass is 10.00.